The summed E-state index contributed by atoms with van der Waals surface area (Å²) < 4.78 is 7.78. The van der Waals surface area contributed by atoms with Gasteiger partial charge in [0.25, 0.3) is 0 Å². The lowest BCUT2D eigenvalue weighted by Gasteiger charge is -2.14. The minimum Gasteiger partial charge on any atom is -0.382 e. The van der Waals surface area contributed by atoms with Crippen molar-refractivity contribution in [1.29, 1.82) is 0 Å². The standard InChI is InChI=1S/C14H17N7O/c1-21-14-10(7-19-21)11(4-5-15-14)16-6-9-2-3-12(22-9)13-17-8-18-20-13/h4-5,7-9,12H,2-3,6H2,1H3,(H,15,16)(H,17,18,20)/t9-,12+/m1/s1. The molecule has 114 valence electrons. The second-order valence-electron chi connectivity index (χ2n) is 5.44. The van der Waals surface area contributed by atoms with Gasteiger partial charge in [-0.1, -0.05) is 0 Å². The van der Waals surface area contributed by atoms with Crippen molar-refractivity contribution < 1.29 is 4.74 Å². The maximum Gasteiger partial charge on any atom is 0.159 e. The molecule has 8 heteroatoms. The Hall–Kier alpha value is -2.48. The van der Waals surface area contributed by atoms with Crippen molar-refractivity contribution in [3.05, 3.63) is 30.6 Å². The van der Waals surface area contributed by atoms with E-state index in [2.05, 4.69) is 30.6 Å². The first-order valence-corrected chi connectivity index (χ1v) is 7.32. The van der Waals surface area contributed by atoms with E-state index in [1.165, 1.54) is 6.33 Å². The van der Waals surface area contributed by atoms with Crippen LogP contribution in [-0.4, -0.2) is 42.6 Å². The molecule has 1 aliphatic rings. The summed E-state index contributed by atoms with van der Waals surface area (Å²) in [5.41, 5.74) is 1.90. The van der Waals surface area contributed by atoms with Crippen LogP contribution in [0.4, 0.5) is 5.69 Å². The summed E-state index contributed by atoms with van der Waals surface area (Å²) >= 11 is 0. The zero-order valence-electron chi connectivity index (χ0n) is 12.2. The molecule has 1 aliphatic heterocycles. The molecule has 0 radical (unpaired) electrons. The van der Waals surface area contributed by atoms with E-state index in [4.69, 9.17) is 4.74 Å². The van der Waals surface area contributed by atoms with E-state index < -0.39 is 0 Å². The number of aryl methyl sites for hydroxylation is 1. The fraction of sp³-hybridized carbons (Fsp3) is 0.429. The molecule has 3 aromatic rings. The molecule has 0 aliphatic carbocycles. The summed E-state index contributed by atoms with van der Waals surface area (Å²) in [6, 6.07) is 1.97. The molecule has 1 saturated heterocycles. The SMILES string of the molecule is Cn1ncc2c(NC[C@H]3CC[C@@H](c4ncn[nH]4)O3)ccnc21. The Bertz CT molecular complexity index is 767. The van der Waals surface area contributed by atoms with E-state index >= 15 is 0 Å². The van der Waals surface area contributed by atoms with Crippen molar-refractivity contribution >= 4 is 16.7 Å². The van der Waals surface area contributed by atoms with E-state index in [0.29, 0.717) is 0 Å². The largest absolute Gasteiger partial charge is 0.382 e. The molecule has 1 fully saturated rings. The van der Waals surface area contributed by atoms with Gasteiger partial charge in [0.1, 0.15) is 12.4 Å². The van der Waals surface area contributed by atoms with Gasteiger partial charge in [0, 0.05) is 25.5 Å². The number of H-pyrrole nitrogens is 1. The average Bonchev–Trinajstić information content (AvgIpc) is 3.26. The van der Waals surface area contributed by atoms with Crippen LogP contribution < -0.4 is 5.32 Å². The summed E-state index contributed by atoms with van der Waals surface area (Å²) in [5.74, 6) is 0.807. The van der Waals surface area contributed by atoms with Gasteiger partial charge in [0.05, 0.1) is 17.7 Å². The molecular formula is C14H17N7O. The molecule has 4 rings (SSSR count). The summed E-state index contributed by atoms with van der Waals surface area (Å²) in [6.07, 6.45) is 7.27. The average molecular weight is 299 g/mol. The third kappa shape index (κ3) is 2.31. The zero-order valence-corrected chi connectivity index (χ0v) is 12.2. The van der Waals surface area contributed by atoms with Crippen molar-refractivity contribution in [2.75, 3.05) is 11.9 Å². The van der Waals surface area contributed by atoms with Crippen LogP contribution in [0.5, 0.6) is 0 Å². The third-order valence-corrected chi connectivity index (χ3v) is 4.00. The number of ether oxygens (including phenoxy) is 1. The van der Waals surface area contributed by atoms with E-state index in [1.54, 1.807) is 10.9 Å². The summed E-state index contributed by atoms with van der Waals surface area (Å²) in [4.78, 5) is 8.50. The van der Waals surface area contributed by atoms with Crippen LogP contribution >= 0.6 is 0 Å². The van der Waals surface area contributed by atoms with Gasteiger partial charge in [-0.25, -0.2) is 9.97 Å². The topological polar surface area (TPSA) is 93.5 Å². The Morgan fingerprint density at radius 2 is 2.36 bits per heavy atom. The summed E-state index contributed by atoms with van der Waals surface area (Å²) in [6.45, 7) is 0.749. The number of pyridine rings is 1. The van der Waals surface area contributed by atoms with Crippen molar-refractivity contribution in [1.82, 2.24) is 29.9 Å². The smallest absolute Gasteiger partial charge is 0.159 e. The van der Waals surface area contributed by atoms with Gasteiger partial charge >= 0.3 is 0 Å². The highest BCUT2D eigenvalue weighted by Gasteiger charge is 2.28. The molecule has 0 unspecified atom stereocenters. The molecule has 0 saturated carbocycles. The van der Waals surface area contributed by atoms with Crippen molar-refractivity contribution in [3.8, 4) is 0 Å². The first-order chi connectivity index (χ1) is 10.8. The van der Waals surface area contributed by atoms with Gasteiger partial charge in [-0.05, 0) is 18.9 Å². The fourth-order valence-electron chi connectivity index (χ4n) is 2.85. The molecular weight excluding hydrogens is 282 g/mol. The summed E-state index contributed by atoms with van der Waals surface area (Å²) in [5, 5.41) is 15.5. The number of hydrogen-bond acceptors (Lipinski definition) is 6. The van der Waals surface area contributed by atoms with Crippen LogP contribution in [0.15, 0.2) is 24.8 Å². The quantitative estimate of drug-likeness (QED) is 0.756. The number of rotatable bonds is 4. The molecule has 22 heavy (non-hydrogen) atoms. The number of aromatic amines is 1. The van der Waals surface area contributed by atoms with E-state index in [9.17, 15) is 0 Å². The highest BCUT2D eigenvalue weighted by molar-refractivity contribution is 5.88. The van der Waals surface area contributed by atoms with E-state index in [1.807, 2.05) is 19.3 Å². The lowest BCUT2D eigenvalue weighted by molar-refractivity contribution is 0.0472. The number of fused-ring (bicyclic) bond motifs is 1. The number of nitrogens with one attached hydrogen (secondary N) is 2. The first kappa shape index (κ1) is 13.2. The van der Waals surface area contributed by atoms with E-state index in [0.717, 1.165) is 41.9 Å². The van der Waals surface area contributed by atoms with Gasteiger partial charge in [-0.15, -0.1) is 0 Å². The van der Waals surface area contributed by atoms with Crippen LogP contribution in [0.3, 0.4) is 0 Å². The molecule has 0 spiro atoms. The van der Waals surface area contributed by atoms with Crippen LogP contribution in [0.2, 0.25) is 0 Å². The van der Waals surface area contributed by atoms with Crippen LogP contribution in [0.25, 0.3) is 11.0 Å². The Kier molecular flexibility index (Phi) is 3.23. The zero-order chi connectivity index (χ0) is 14.9. The highest BCUT2D eigenvalue weighted by atomic mass is 16.5. The molecule has 0 amide bonds. The maximum absolute atomic E-state index is 6.01. The lowest BCUT2D eigenvalue weighted by Crippen LogP contribution is -2.19. The molecule has 3 aromatic heterocycles. The van der Waals surface area contributed by atoms with Gasteiger partial charge in [0.2, 0.25) is 0 Å². The molecule has 4 heterocycles. The minimum atomic E-state index is 0.0187. The second kappa shape index (κ2) is 5.38. The van der Waals surface area contributed by atoms with Crippen molar-refractivity contribution in [2.24, 2.45) is 7.05 Å². The van der Waals surface area contributed by atoms with Crippen LogP contribution in [-0.2, 0) is 11.8 Å². The normalized spacial score (nSPS) is 21.5. The third-order valence-electron chi connectivity index (χ3n) is 4.00. The van der Waals surface area contributed by atoms with Gasteiger partial charge in [-0.2, -0.15) is 10.2 Å². The van der Waals surface area contributed by atoms with Gasteiger partial charge in [0.15, 0.2) is 11.5 Å². The number of anilines is 1. The first-order valence-electron chi connectivity index (χ1n) is 7.32. The Morgan fingerprint density at radius 1 is 1.41 bits per heavy atom. The molecule has 0 aromatic carbocycles. The Labute approximate surface area is 126 Å². The molecule has 0 bridgehead atoms. The fourth-order valence-corrected chi connectivity index (χ4v) is 2.85. The number of aromatic nitrogens is 6. The molecule has 8 nitrogen and oxygen atoms in total. The van der Waals surface area contributed by atoms with Gasteiger partial charge < -0.3 is 10.1 Å². The van der Waals surface area contributed by atoms with Gasteiger partial charge in [-0.3, -0.25) is 9.78 Å². The molecule has 2 N–H and O–H groups in total. The highest BCUT2D eigenvalue weighted by Crippen LogP contribution is 2.31. The molecule has 2 atom stereocenters. The second-order valence-corrected chi connectivity index (χ2v) is 5.44. The number of nitrogens with zero attached hydrogens (tertiary/aromatic N) is 5. The monoisotopic (exact) mass is 299 g/mol. The lowest BCUT2D eigenvalue weighted by atomic mass is 10.2. The number of hydrogen-bond donors (Lipinski definition) is 2. The predicted molar refractivity (Wildman–Crippen MR) is 80.2 cm³/mol. The van der Waals surface area contributed by atoms with Crippen molar-refractivity contribution in [3.63, 3.8) is 0 Å². The maximum atomic E-state index is 6.01. The summed E-state index contributed by atoms with van der Waals surface area (Å²) in [7, 11) is 1.89. The van der Waals surface area contributed by atoms with Crippen molar-refractivity contribution in [2.45, 2.75) is 25.0 Å². The minimum absolute atomic E-state index is 0.0187. The van der Waals surface area contributed by atoms with E-state index in [-0.39, 0.29) is 12.2 Å². The van der Waals surface area contributed by atoms with Crippen LogP contribution in [0, 0.1) is 0 Å². The Balaban J connectivity index is 1.42. The predicted octanol–water partition coefficient (Wildman–Crippen LogP) is 1.42. The van der Waals surface area contributed by atoms with Crippen LogP contribution in [0.1, 0.15) is 24.8 Å². The Morgan fingerprint density at radius 3 is 3.23 bits per heavy atom.